The van der Waals surface area contributed by atoms with Gasteiger partial charge in [0.1, 0.15) is 34.2 Å². The van der Waals surface area contributed by atoms with Gasteiger partial charge in [0.25, 0.3) is 6.71 Å². The molecule has 2 aliphatic rings. The summed E-state index contributed by atoms with van der Waals surface area (Å²) in [6.07, 6.45) is 0. The molecule has 11 rings (SSSR count). The molecular weight excluding hydrogens is 625 g/mol. The summed E-state index contributed by atoms with van der Waals surface area (Å²) >= 11 is 0. The molecule has 238 valence electrons. The zero-order valence-electron chi connectivity index (χ0n) is 27.4. The van der Waals surface area contributed by atoms with Crippen molar-refractivity contribution in [2.24, 2.45) is 0 Å². The molecule has 0 spiro atoms. The van der Waals surface area contributed by atoms with E-state index in [1.807, 2.05) is 30.3 Å². The lowest BCUT2D eigenvalue weighted by atomic mass is 9.35. The van der Waals surface area contributed by atoms with E-state index in [-0.39, 0.29) is 6.71 Å². The summed E-state index contributed by atoms with van der Waals surface area (Å²) in [6.45, 7) is -0.00475. The van der Waals surface area contributed by atoms with E-state index in [1.165, 1.54) is 11.1 Å². The Bertz CT molecular complexity index is 2810. The molecule has 0 saturated heterocycles. The van der Waals surface area contributed by atoms with Crippen molar-refractivity contribution in [1.29, 1.82) is 0 Å². The summed E-state index contributed by atoms with van der Waals surface area (Å²) in [4.78, 5) is 2.31. The summed E-state index contributed by atoms with van der Waals surface area (Å²) < 4.78 is 19.6. The molecular formula is C46H28BNO3. The zero-order valence-corrected chi connectivity index (χ0v) is 27.4. The molecule has 0 bridgehead atoms. The van der Waals surface area contributed by atoms with Crippen LogP contribution in [0.1, 0.15) is 0 Å². The molecule has 2 aliphatic heterocycles. The van der Waals surface area contributed by atoms with E-state index in [4.69, 9.17) is 13.9 Å². The topological polar surface area (TPSA) is 34.8 Å². The molecule has 8 aromatic carbocycles. The Balaban J connectivity index is 1.03. The first-order valence-corrected chi connectivity index (χ1v) is 17.3. The first-order valence-electron chi connectivity index (χ1n) is 17.3. The number of benzene rings is 8. The van der Waals surface area contributed by atoms with Crippen LogP contribution in [0, 0.1) is 0 Å². The fourth-order valence-corrected chi connectivity index (χ4v) is 7.97. The molecule has 5 heteroatoms. The lowest BCUT2D eigenvalue weighted by Gasteiger charge is -2.32. The van der Waals surface area contributed by atoms with Crippen molar-refractivity contribution < 1.29 is 13.9 Å². The lowest BCUT2D eigenvalue weighted by molar-refractivity contribution is 0.465. The van der Waals surface area contributed by atoms with E-state index in [0.717, 1.165) is 89.2 Å². The first kappa shape index (κ1) is 28.2. The van der Waals surface area contributed by atoms with Crippen LogP contribution >= 0.6 is 0 Å². The molecule has 0 radical (unpaired) electrons. The van der Waals surface area contributed by atoms with E-state index >= 15 is 0 Å². The van der Waals surface area contributed by atoms with E-state index < -0.39 is 0 Å². The van der Waals surface area contributed by atoms with Crippen LogP contribution < -0.4 is 30.8 Å². The predicted molar refractivity (Wildman–Crippen MR) is 209 cm³/mol. The smallest absolute Gasteiger partial charge is 0.260 e. The average Bonchev–Trinajstić information content (AvgIpc) is 3.53. The van der Waals surface area contributed by atoms with Crippen molar-refractivity contribution in [3.05, 3.63) is 170 Å². The van der Waals surface area contributed by atoms with Crippen LogP contribution in [-0.2, 0) is 0 Å². The Hall–Kier alpha value is -6.72. The van der Waals surface area contributed by atoms with Gasteiger partial charge >= 0.3 is 0 Å². The maximum Gasteiger partial charge on any atom is 0.260 e. The monoisotopic (exact) mass is 653 g/mol. The highest BCUT2D eigenvalue weighted by molar-refractivity contribution is 6.98. The third kappa shape index (κ3) is 4.41. The van der Waals surface area contributed by atoms with Gasteiger partial charge in [0.2, 0.25) is 0 Å². The van der Waals surface area contributed by atoms with Crippen molar-refractivity contribution in [2.45, 2.75) is 0 Å². The number of rotatable bonds is 4. The summed E-state index contributed by atoms with van der Waals surface area (Å²) in [5, 5.41) is 4.37. The molecule has 4 nitrogen and oxygen atoms in total. The van der Waals surface area contributed by atoms with Crippen molar-refractivity contribution in [3.63, 3.8) is 0 Å². The number of furan rings is 1. The Morgan fingerprint density at radius 2 is 1.02 bits per heavy atom. The highest BCUT2D eigenvalue weighted by Crippen LogP contribution is 2.41. The largest absolute Gasteiger partial charge is 0.458 e. The minimum absolute atomic E-state index is 0.00475. The molecule has 51 heavy (non-hydrogen) atoms. The Morgan fingerprint density at radius 1 is 0.392 bits per heavy atom. The van der Waals surface area contributed by atoms with E-state index in [0.29, 0.717) is 0 Å². The van der Waals surface area contributed by atoms with Crippen LogP contribution in [0.25, 0.3) is 43.8 Å². The van der Waals surface area contributed by atoms with Gasteiger partial charge < -0.3 is 18.8 Å². The van der Waals surface area contributed by atoms with E-state index in [1.54, 1.807) is 0 Å². The quantitative estimate of drug-likeness (QED) is 0.177. The van der Waals surface area contributed by atoms with Gasteiger partial charge in [-0.15, -0.1) is 0 Å². The van der Waals surface area contributed by atoms with Gasteiger partial charge in [-0.05, 0) is 112 Å². The fourth-order valence-electron chi connectivity index (χ4n) is 7.97. The first-order chi connectivity index (χ1) is 25.2. The van der Waals surface area contributed by atoms with Gasteiger partial charge in [0, 0.05) is 33.3 Å². The Morgan fingerprint density at radius 3 is 1.84 bits per heavy atom. The van der Waals surface area contributed by atoms with Crippen LogP contribution in [0.3, 0.4) is 0 Å². The standard InChI is InChI=1S/C46H28BNO3/c1-3-10-29(11-4-1)30-18-21-34(22-19-30)48(33-12-5-2-6-13-33)35-23-20-31-25-36-37-27-45-39(28-44(37)51-43(36)26-32(31)24-35)47-38-14-7-8-15-40(38)49-41-16-9-17-42(50-45)46(41)47/h1-28H. The minimum Gasteiger partial charge on any atom is -0.458 e. The molecule has 0 atom stereocenters. The number of ether oxygens (including phenoxy) is 2. The van der Waals surface area contributed by atoms with Crippen molar-refractivity contribution >= 4 is 72.9 Å². The third-order valence-electron chi connectivity index (χ3n) is 10.3. The number of para-hydroxylation sites is 2. The molecule has 0 aliphatic carbocycles. The maximum atomic E-state index is 6.67. The summed E-state index contributed by atoms with van der Waals surface area (Å²) in [6, 6.07) is 59.6. The van der Waals surface area contributed by atoms with E-state index in [2.05, 4.69) is 144 Å². The number of hydrogen-bond acceptors (Lipinski definition) is 4. The van der Waals surface area contributed by atoms with Gasteiger partial charge in [-0.2, -0.15) is 0 Å². The zero-order chi connectivity index (χ0) is 33.5. The Kier molecular flexibility index (Phi) is 6.01. The normalized spacial score (nSPS) is 12.6. The van der Waals surface area contributed by atoms with Crippen LogP contribution in [0.2, 0.25) is 0 Å². The number of fused-ring (bicyclic) bond motifs is 8. The Labute approximate surface area is 294 Å². The van der Waals surface area contributed by atoms with Crippen LogP contribution in [0.4, 0.5) is 17.1 Å². The maximum absolute atomic E-state index is 6.67. The van der Waals surface area contributed by atoms with Gasteiger partial charge in [0.15, 0.2) is 0 Å². The van der Waals surface area contributed by atoms with Gasteiger partial charge in [-0.25, -0.2) is 0 Å². The van der Waals surface area contributed by atoms with Crippen molar-refractivity contribution in [3.8, 4) is 34.1 Å². The summed E-state index contributed by atoms with van der Waals surface area (Å²) in [5.41, 5.74) is 10.6. The summed E-state index contributed by atoms with van der Waals surface area (Å²) in [7, 11) is 0. The highest BCUT2D eigenvalue weighted by atomic mass is 16.5. The number of anilines is 3. The van der Waals surface area contributed by atoms with Crippen LogP contribution in [0.5, 0.6) is 23.0 Å². The van der Waals surface area contributed by atoms with Gasteiger partial charge in [-0.3, -0.25) is 0 Å². The number of nitrogens with zero attached hydrogens (tertiary/aromatic N) is 1. The molecule has 0 N–H and O–H groups in total. The third-order valence-corrected chi connectivity index (χ3v) is 10.3. The second-order valence-electron chi connectivity index (χ2n) is 13.3. The second-order valence-corrected chi connectivity index (χ2v) is 13.3. The average molecular weight is 654 g/mol. The van der Waals surface area contributed by atoms with Gasteiger partial charge in [-0.1, -0.05) is 91.0 Å². The highest BCUT2D eigenvalue weighted by Gasteiger charge is 2.40. The van der Waals surface area contributed by atoms with Crippen LogP contribution in [-0.4, -0.2) is 6.71 Å². The van der Waals surface area contributed by atoms with Crippen LogP contribution in [0.15, 0.2) is 174 Å². The SMILES string of the molecule is c1ccc(-c2ccc(N(c3ccccc3)c3ccc4cc5c(cc4c3)oc3cc4c(cc35)Oc3cccc5c3B4c3ccccc3O5)cc2)cc1. The van der Waals surface area contributed by atoms with Crippen molar-refractivity contribution in [2.75, 3.05) is 4.90 Å². The molecule has 3 heterocycles. The summed E-state index contributed by atoms with van der Waals surface area (Å²) in [5.74, 6) is 3.40. The van der Waals surface area contributed by atoms with Gasteiger partial charge in [0.05, 0.1) is 0 Å². The molecule has 0 amide bonds. The second kappa shape index (κ2) is 10.9. The predicted octanol–water partition coefficient (Wildman–Crippen LogP) is 10.6. The van der Waals surface area contributed by atoms with E-state index in [9.17, 15) is 0 Å². The molecule has 9 aromatic rings. The molecule has 0 fully saturated rings. The minimum atomic E-state index is -0.00475. The fraction of sp³-hybridized carbons (Fsp3) is 0. The number of hydrogen-bond donors (Lipinski definition) is 0. The molecule has 0 unspecified atom stereocenters. The molecule has 0 saturated carbocycles. The van der Waals surface area contributed by atoms with Crippen molar-refractivity contribution in [1.82, 2.24) is 0 Å². The lowest BCUT2D eigenvalue weighted by Crippen LogP contribution is -2.57. The molecule has 1 aromatic heterocycles.